The highest BCUT2D eigenvalue weighted by Crippen LogP contribution is 2.29. The molecule has 0 fully saturated rings. The number of carbonyl (C=O) groups excluding carboxylic acids is 1. The molecule has 2 aromatic heterocycles. The fourth-order valence-corrected chi connectivity index (χ4v) is 4.27. The predicted molar refractivity (Wildman–Crippen MR) is 151 cm³/mol. The largest absolute Gasteiger partial charge is 0.492 e. The molecule has 38 heavy (non-hydrogen) atoms. The van der Waals surface area contributed by atoms with Crippen LogP contribution in [0.25, 0.3) is 22.3 Å². The molecule has 3 N–H and O–H groups in total. The van der Waals surface area contributed by atoms with Crippen molar-refractivity contribution in [3.8, 4) is 17.0 Å². The van der Waals surface area contributed by atoms with E-state index in [0.29, 0.717) is 19.6 Å². The van der Waals surface area contributed by atoms with Crippen LogP contribution in [0.5, 0.6) is 5.75 Å². The van der Waals surface area contributed by atoms with E-state index < -0.39 is 0 Å². The van der Waals surface area contributed by atoms with Gasteiger partial charge in [-0.3, -0.25) is 4.79 Å². The summed E-state index contributed by atoms with van der Waals surface area (Å²) in [5, 5.41) is 7.86. The normalized spacial score (nSPS) is 11.8. The van der Waals surface area contributed by atoms with E-state index in [4.69, 9.17) is 9.47 Å². The molecule has 1 atom stereocenters. The third-order valence-corrected chi connectivity index (χ3v) is 6.33. The summed E-state index contributed by atoms with van der Waals surface area (Å²) in [6.07, 6.45) is 5.00. The van der Waals surface area contributed by atoms with Gasteiger partial charge in [0.25, 0.3) is 0 Å². The molecule has 0 amide bonds. The van der Waals surface area contributed by atoms with Crippen LogP contribution in [0.3, 0.4) is 0 Å². The summed E-state index contributed by atoms with van der Waals surface area (Å²) >= 11 is 0. The highest BCUT2D eigenvalue weighted by atomic mass is 16.5. The maximum atomic E-state index is 11.3. The van der Waals surface area contributed by atoms with Crippen LogP contribution in [-0.4, -0.2) is 47.2 Å². The summed E-state index contributed by atoms with van der Waals surface area (Å²) in [6.45, 7) is 6.69. The molecule has 4 rings (SSSR count). The average Bonchev–Trinajstić information content (AvgIpc) is 3.38. The summed E-state index contributed by atoms with van der Waals surface area (Å²) in [5.41, 5.74) is 4.03. The van der Waals surface area contributed by atoms with Gasteiger partial charge in [-0.15, -0.1) is 0 Å². The quantitative estimate of drug-likeness (QED) is 0.134. The minimum Gasteiger partial charge on any atom is -0.492 e. The maximum Gasteiger partial charge on any atom is 0.305 e. The van der Waals surface area contributed by atoms with Gasteiger partial charge in [-0.05, 0) is 74.7 Å². The monoisotopic (exact) mass is 515 g/mol. The second-order valence-corrected chi connectivity index (χ2v) is 9.18. The Bertz CT molecular complexity index is 1270. The minimum absolute atomic E-state index is 0.103. The zero-order chi connectivity index (χ0) is 26.6. The summed E-state index contributed by atoms with van der Waals surface area (Å²) in [5.74, 6) is 1.54. The van der Waals surface area contributed by atoms with Gasteiger partial charge in [0.15, 0.2) is 0 Å². The first-order chi connectivity index (χ1) is 18.6. The van der Waals surface area contributed by atoms with Gasteiger partial charge in [0.05, 0.1) is 12.0 Å². The van der Waals surface area contributed by atoms with Crippen molar-refractivity contribution >= 4 is 22.8 Å². The lowest BCUT2D eigenvalue weighted by Crippen LogP contribution is -2.22. The highest BCUT2D eigenvalue weighted by molar-refractivity contribution is 5.91. The van der Waals surface area contributed by atoms with Gasteiger partial charge in [-0.25, -0.2) is 9.97 Å². The van der Waals surface area contributed by atoms with E-state index in [1.165, 1.54) is 5.56 Å². The molecule has 2 heterocycles. The Balaban J connectivity index is 1.23. The summed E-state index contributed by atoms with van der Waals surface area (Å²) in [6, 6.07) is 20.6. The molecule has 0 saturated carbocycles. The van der Waals surface area contributed by atoms with Gasteiger partial charge in [-0.1, -0.05) is 36.8 Å². The number of hydrogen-bond acceptors (Lipinski definition) is 7. The first-order valence-corrected chi connectivity index (χ1v) is 13.4. The number of fused-ring (bicyclic) bond motifs is 1. The van der Waals surface area contributed by atoms with Crippen molar-refractivity contribution in [2.24, 2.45) is 0 Å². The number of carbonyl (C=O) groups is 1. The van der Waals surface area contributed by atoms with Crippen molar-refractivity contribution in [1.82, 2.24) is 20.3 Å². The lowest BCUT2D eigenvalue weighted by atomic mass is 10.1. The third-order valence-electron chi connectivity index (χ3n) is 6.33. The van der Waals surface area contributed by atoms with Crippen LogP contribution in [0.2, 0.25) is 0 Å². The Morgan fingerprint density at radius 3 is 2.61 bits per heavy atom. The third kappa shape index (κ3) is 7.79. The molecule has 0 aliphatic carbocycles. The number of benzene rings is 2. The highest BCUT2D eigenvalue weighted by Gasteiger charge is 2.12. The number of aromatic nitrogens is 3. The second-order valence-electron chi connectivity index (χ2n) is 9.18. The molecule has 8 nitrogen and oxygen atoms in total. The van der Waals surface area contributed by atoms with Gasteiger partial charge in [0.1, 0.15) is 30.1 Å². The fraction of sp³-hybridized carbons (Fsp3) is 0.367. The summed E-state index contributed by atoms with van der Waals surface area (Å²) < 4.78 is 10.8. The van der Waals surface area contributed by atoms with Crippen molar-refractivity contribution in [3.63, 3.8) is 0 Å². The molecule has 2 aromatic carbocycles. The molecule has 0 bridgehead atoms. The number of H-pyrrole nitrogens is 1. The van der Waals surface area contributed by atoms with Gasteiger partial charge >= 0.3 is 5.97 Å². The van der Waals surface area contributed by atoms with E-state index in [0.717, 1.165) is 66.2 Å². The molecular weight excluding hydrogens is 478 g/mol. The van der Waals surface area contributed by atoms with Crippen LogP contribution in [0.4, 0.5) is 5.82 Å². The Labute approximate surface area is 224 Å². The predicted octanol–water partition coefficient (Wildman–Crippen LogP) is 5.89. The van der Waals surface area contributed by atoms with E-state index in [9.17, 15) is 4.79 Å². The molecule has 0 spiro atoms. The number of rotatable bonds is 15. The number of nitrogens with one attached hydrogen (secondary N) is 3. The molecule has 8 heteroatoms. The summed E-state index contributed by atoms with van der Waals surface area (Å²) in [7, 11) is 0. The van der Waals surface area contributed by atoms with Crippen LogP contribution in [0, 0.1) is 0 Å². The van der Waals surface area contributed by atoms with E-state index in [-0.39, 0.29) is 12.0 Å². The van der Waals surface area contributed by atoms with Crippen LogP contribution in [0.15, 0.2) is 67.0 Å². The lowest BCUT2D eigenvalue weighted by molar-refractivity contribution is -0.143. The SMILES string of the molecule is CCOC(=O)CCCCCNCCOc1ccc(-c2cc3c(NC(C)c4ccccc4)ncnc3[nH]2)cc1. The molecular formula is C30H37N5O3. The number of nitrogens with zero attached hydrogens (tertiary/aromatic N) is 2. The maximum absolute atomic E-state index is 11.3. The summed E-state index contributed by atoms with van der Waals surface area (Å²) in [4.78, 5) is 23.6. The average molecular weight is 516 g/mol. The number of aromatic amines is 1. The molecule has 0 aliphatic rings. The van der Waals surface area contributed by atoms with E-state index in [2.05, 4.69) is 50.7 Å². The van der Waals surface area contributed by atoms with Crippen LogP contribution in [-0.2, 0) is 9.53 Å². The molecule has 0 aliphatic heterocycles. The van der Waals surface area contributed by atoms with Gasteiger partial charge < -0.3 is 25.1 Å². The molecule has 0 saturated heterocycles. The van der Waals surface area contributed by atoms with Gasteiger partial charge in [-0.2, -0.15) is 0 Å². The van der Waals surface area contributed by atoms with Crippen LogP contribution < -0.4 is 15.4 Å². The zero-order valence-corrected chi connectivity index (χ0v) is 22.2. The van der Waals surface area contributed by atoms with Crippen molar-refractivity contribution in [2.75, 3.05) is 31.6 Å². The number of unbranched alkanes of at least 4 members (excludes halogenated alkanes) is 2. The Kier molecular flexibility index (Phi) is 10.1. The lowest BCUT2D eigenvalue weighted by Gasteiger charge is -2.15. The Hall–Kier alpha value is -3.91. The van der Waals surface area contributed by atoms with E-state index in [1.54, 1.807) is 6.33 Å². The standard InChI is InChI=1S/C30H37N5O3/c1-3-37-28(36)12-8-5-9-17-31-18-19-38-25-15-13-24(14-16-25)27-20-26-29(32-21-33-30(26)35-27)34-22(2)23-10-6-4-7-11-23/h4,6-7,10-11,13-16,20-22,31H,3,5,8-9,12,17-19H2,1-2H3,(H2,32,33,34,35). The number of hydrogen-bond donors (Lipinski definition) is 3. The number of anilines is 1. The van der Waals surface area contributed by atoms with Crippen LogP contribution >= 0.6 is 0 Å². The Morgan fingerprint density at radius 1 is 1.00 bits per heavy atom. The van der Waals surface area contributed by atoms with Gasteiger partial charge in [0.2, 0.25) is 0 Å². The first kappa shape index (κ1) is 27.1. The second kappa shape index (κ2) is 14.1. The van der Waals surface area contributed by atoms with Crippen molar-refractivity contribution in [3.05, 3.63) is 72.6 Å². The Morgan fingerprint density at radius 2 is 1.82 bits per heavy atom. The van der Waals surface area contributed by atoms with Crippen molar-refractivity contribution < 1.29 is 14.3 Å². The smallest absolute Gasteiger partial charge is 0.305 e. The molecule has 4 aromatic rings. The van der Waals surface area contributed by atoms with Crippen molar-refractivity contribution in [2.45, 2.75) is 45.6 Å². The first-order valence-electron chi connectivity index (χ1n) is 13.4. The van der Waals surface area contributed by atoms with Crippen LogP contribution in [0.1, 0.15) is 51.1 Å². The van der Waals surface area contributed by atoms with E-state index in [1.807, 2.05) is 49.4 Å². The zero-order valence-electron chi connectivity index (χ0n) is 22.2. The molecule has 1 unspecified atom stereocenters. The number of esters is 1. The van der Waals surface area contributed by atoms with Gasteiger partial charge in [0, 0.05) is 24.7 Å². The number of ether oxygens (including phenoxy) is 2. The molecule has 0 radical (unpaired) electrons. The van der Waals surface area contributed by atoms with E-state index >= 15 is 0 Å². The molecule has 200 valence electrons. The van der Waals surface area contributed by atoms with Crippen molar-refractivity contribution in [1.29, 1.82) is 0 Å². The topological polar surface area (TPSA) is 101 Å². The fourth-order valence-electron chi connectivity index (χ4n) is 4.27. The minimum atomic E-state index is -0.103.